The second-order valence-corrected chi connectivity index (χ2v) is 5.10. The summed E-state index contributed by atoms with van der Waals surface area (Å²) in [5, 5.41) is 0. The van der Waals surface area contributed by atoms with Crippen LogP contribution in [0.5, 0.6) is 5.88 Å². The number of ether oxygens (including phenoxy) is 1. The Morgan fingerprint density at radius 2 is 2.36 bits per heavy atom. The number of hydrogen-bond donors (Lipinski definition) is 0. The van der Waals surface area contributed by atoms with Crippen LogP contribution in [0.15, 0.2) is 10.7 Å². The average molecular weight is 255 g/mol. The van der Waals surface area contributed by atoms with Crippen LogP contribution in [0.1, 0.15) is 25.1 Å². The quantitative estimate of drug-likeness (QED) is 0.814. The van der Waals surface area contributed by atoms with Crippen molar-refractivity contribution in [3.63, 3.8) is 0 Å². The summed E-state index contributed by atoms with van der Waals surface area (Å²) >= 11 is 3.39. The SMILES string of the molecule is Cc1ncc(Br)c(O[C@@H]2CC23CC3)n1. The van der Waals surface area contributed by atoms with E-state index in [4.69, 9.17) is 4.74 Å². The Balaban J connectivity index is 1.79. The predicted octanol–water partition coefficient (Wildman–Crippen LogP) is 2.48. The van der Waals surface area contributed by atoms with Crippen molar-refractivity contribution in [2.45, 2.75) is 32.3 Å². The number of rotatable bonds is 2. The standard InChI is InChI=1S/C10H11BrN2O/c1-6-12-5-7(11)9(13-6)14-8-4-10(8)2-3-10/h5,8H,2-4H2,1H3/t8-/m1/s1. The third kappa shape index (κ3) is 1.32. The molecule has 2 saturated carbocycles. The highest BCUT2D eigenvalue weighted by atomic mass is 79.9. The third-order valence-electron chi connectivity index (χ3n) is 3.09. The molecule has 1 atom stereocenters. The summed E-state index contributed by atoms with van der Waals surface area (Å²) in [6.07, 6.45) is 6.04. The summed E-state index contributed by atoms with van der Waals surface area (Å²) in [6, 6.07) is 0. The van der Waals surface area contributed by atoms with Gasteiger partial charge in [0, 0.05) is 11.6 Å². The van der Waals surface area contributed by atoms with Gasteiger partial charge in [-0.1, -0.05) is 0 Å². The highest BCUT2D eigenvalue weighted by Crippen LogP contribution is 2.67. The second kappa shape index (κ2) is 2.69. The van der Waals surface area contributed by atoms with Crippen molar-refractivity contribution in [3.05, 3.63) is 16.5 Å². The maximum Gasteiger partial charge on any atom is 0.231 e. The summed E-state index contributed by atoms with van der Waals surface area (Å²) in [4.78, 5) is 8.35. The minimum atomic E-state index is 0.410. The Morgan fingerprint density at radius 1 is 1.57 bits per heavy atom. The Bertz CT molecular complexity index is 390. The lowest BCUT2D eigenvalue weighted by atomic mass is 10.4. The normalized spacial score (nSPS) is 26.3. The van der Waals surface area contributed by atoms with Crippen LogP contribution >= 0.6 is 15.9 Å². The molecule has 0 saturated heterocycles. The van der Waals surface area contributed by atoms with Gasteiger partial charge in [0.05, 0.1) is 4.47 Å². The molecule has 74 valence electrons. The third-order valence-corrected chi connectivity index (χ3v) is 3.64. The average Bonchev–Trinajstić information content (AvgIpc) is 3.03. The molecule has 4 heteroatoms. The molecule has 2 aliphatic rings. The Morgan fingerprint density at radius 3 is 3.00 bits per heavy atom. The minimum Gasteiger partial charge on any atom is -0.473 e. The monoisotopic (exact) mass is 254 g/mol. The minimum absolute atomic E-state index is 0.410. The fourth-order valence-electron chi connectivity index (χ4n) is 1.82. The van der Waals surface area contributed by atoms with Gasteiger partial charge in [-0.05, 0) is 42.1 Å². The molecule has 1 spiro atoms. The molecule has 2 aliphatic carbocycles. The molecular formula is C10H11BrN2O. The summed E-state index contributed by atoms with van der Waals surface area (Å²) in [5.41, 5.74) is 0.554. The highest BCUT2D eigenvalue weighted by molar-refractivity contribution is 9.10. The zero-order chi connectivity index (χ0) is 9.76. The molecule has 0 N–H and O–H groups in total. The van der Waals surface area contributed by atoms with Crippen molar-refractivity contribution in [1.82, 2.24) is 9.97 Å². The zero-order valence-electron chi connectivity index (χ0n) is 7.96. The van der Waals surface area contributed by atoms with E-state index in [0.717, 1.165) is 10.3 Å². The molecule has 3 nitrogen and oxygen atoms in total. The van der Waals surface area contributed by atoms with Crippen LogP contribution in [0.3, 0.4) is 0 Å². The van der Waals surface area contributed by atoms with Crippen LogP contribution in [-0.2, 0) is 0 Å². The van der Waals surface area contributed by atoms with Crippen LogP contribution in [-0.4, -0.2) is 16.1 Å². The first-order valence-electron chi connectivity index (χ1n) is 4.85. The molecule has 2 fully saturated rings. The molecule has 1 aromatic heterocycles. The molecule has 1 heterocycles. The summed E-state index contributed by atoms with van der Waals surface area (Å²) < 4.78 is 6.67. The van der Waals surface area contributed by atoms with Crippen LogP contribution in [0.2, 0.25) is 0 Å². The van der Waals surface area contributed by atoms with Gasteiger partial charge in [0.2, 0.25) is 5.88 Å². The number of halogens is 1. The van der Waals surface area contributed by atoms with Gasteiger partial charge in [-0.25, -0.2) is 4.98 Å². The van der Waals surface area contributed by atoms with E-state index in [1.807, 2.05) is 6.92 Å². The molecule has 0 aliphatic heterocycles. The van der Waals surface area contributed by atoms with Gasteiger partial charge in [0.25, 0.3) is 0 Å². The van der Waals surface area contributed by atoms with Gasteiger partial charge in [-0.15, -0.1) is 0 Å². The van der Waals surface area contributed by atoms with E-state index in [1.54, 1.807) is 6.20 Å². The Hall–Kier alpha value is -0.640. The van der Waals surface area contributed by atoms with E-state index in [2.05, 4.69) is 25.9 Å². The number of aromatic nitrogens is 2. The van der Waals surface area contributed by atoms with Crippen LogP contribution in [0.25, 0.3) is 0 Å². The predicted molar refractivity (Wildman–Crippen MR) is 55.2 cm³/mol. The van der Waals surface area contributed by atoms with Gasteiger partial charge in [0.1, 0.15) is 11.9 Å². The molecular weight excluding hydrogens is 244 g/mol. The Kier molecular flexibility index (Phi) is 1.66. The number of hydrogen-bond acceptors (Lipinski definition) is 3. The lowest BCUT2D eigenvalue weighted by Gasteiger charge is -2.06. The molecule has 14 heavy (non-hydrogen) atoms. The van der Waals surface area contributed by atoms with Crippen molar-refractivity contribution in [2.75, 3.05) is 0 Å². The van der Waals surface area contributed by atoms with Gasteiger partial charge < -0.3 is 4.74 Å². The largest absolute Gasteiger partial charge is 0.473 e. The van der Waals surface area contributed by atoms with Crippen molar-refractivity contribution >= 4 is 15.9 Å². The van der Waals surface area contributed by atoms with E-state index in [1.165, 1.54) is 19.3 Å². The highest BCUT2D eigenvalue weighted by Gasteiger charge is 2.65. The lowest BCUT2D eigenvalue weighted by molar-refractivity contribution is 0.266. The van der Waals surface area contributed by atoms with Gasteiger partial charge in [-0.3, -0.25) is 0 Å². The van der Waals surface area contributed by atoms with E-state index >= 15 is 0 Å². The molecule has 3 rings (SSSR count). The smallest absolute Gasteiger partial charge is 0.231 e. The van der Waals surface area contributed by atoms with Crippen molar-refractivity contribution in [3.8, 4) is 5.88 Å². The molecule has 0 radical (unpaired) electrons. The second-order valence-electron chi connectivity index (χ2n) is 4.24. The maximum absolute atomic E-state index is 5.82. The molecule has 1 aromatic rings. The van der Waals surface area contributed by atoms with Crippen LogP contribution in [0.4, 0.5) is 0 Å². The molecule has 0 bridgehead atoms. The number of aryl methyl sites for hydroxylation is 1. The fourth-order valence-corrected chi connectivity index (χ4v) is 2.10. The molecule has 0 aromatic carbocycles. The zero-order valence-corrected chi connectivity index (χ0v) is 9.54. The fraction of sp³-hybridized carbons (Fsp3) is 0.600. The van der Waals surface area contributed by atoms with Gasteiger partial charge >= 0.3 is 0 Å². The van der Waals surface area contributed by atoms with Gasteiger partial charge in [0.15, 0.2) is 0 Å². The first kappa shape index (κ1) is 8.65. The van der Waals surface area contributed by atoms with E-state index in [-0.39, 0.29) is 0 Å². The summed E-state index contributed by atoms with van der Waals surface area (Å²) in [6.45, 7) is 1.87. The van der Waals surface area contributed by atoms with Crippen molar-refractivity contribution in [2.24, 2.45) is 5.41 Å². The topological polar surface area (TPSA) is 35.0 Å². The van der Waals surface area contributed by atoms with Crippen molar-refractivity contribution in [1.29, 1.82) is 0 Å². The van der Waals surface area contributed by atoms with E-state index in [0.29, 0.717) is 17.4 Å². The maximum atomic E-state index is 5.82. The Labute approximate surface area is 91.0 Å². The van der Waals surface area contributed by atoms with E-state index in [9.17, 15) is 0 Å². The summed E-state index contributed by atoms with van der Waals surface area (Å²) in [7, 11) is 0. The van der Waals surface area contributed by atoms with E-state index < -0.39 is 0 Å². The summed E-state index contributed by atoms with van der Waals surface area (Å²) in [5.74, 6) is 1.46. The molecule has 0 amide bonds. The first-order chi connectivity index (χ1) is 6.70. The van der Waals surface area contributed by atoms with Crippen LogP contribution < -0.4 is 4.74 Å². The lowest BCUT2D eigenvalue weighted by Crippen LogP contribution is -2.04. The van der Waals surface area contributed by atoms with Gasteiger partial charge in [-0.2, -0.15) is 4.98 Å². The first-order valence-corrected chi connectivity index (χ1v) is 5.65. The van der Waals surface area contributed by atoms with Crippen LogP contribution in [0, 0.1) is 12.3 Å². The number of nitrogens with zero attached hydrogens (tertiary/aromatic N) is 2. The molecule has 0 unspecified atom stereocenters. The van der Waals surface area contributed by atoms with Crippen molar-refractivity contribution < 1.29 is 4.74 Å².